The van der Waals surface area contributed by atoms with Gasteiger partial charge in [0.2, 0.25) is 10.0 Å². The Balaban J connectivity index is 1.28. The summed E-state index contributed by atoms with van der Waals surface area (Å²) in [6.45, 7) is 3.46. The molecule has 3 atom stereocenters. The van der Waals surface area contributed by atoms with E-state index in [1.54, 1.807) is 12.1 Å². The standard InChI is InChI=1S/C25H31ClN2O2S2/c26-23-10-11-24(31-23)32(29,30)27-25-20-8-9-21(25)17-22-15-18(6-7-19(22)16-20)5-4-14-28-12-2-1-3-13-28/h4-7,10-11,15,20-21,25,27H,1-3,8-9,12-14,16-17H2/b5-4+. The van der Waals surface area contributed by atoms with Gasteiger partial charge in [-0.3, -0.25) is 4.90 Å². The number of fused-ring (bicyclic) bond motifs is 3. The van der Waals surface area contributed by atoms with Crippen LogP contribution in [0, 0.1) is 11.8 Å². The quantitative estimate of drug-likeness (QED) is 0.592. The molecule has 1 aliphatic heterocycles. The molecule has 1 aromatic carbocycles. The molecule has 0 spiro atoms. The van der Waals surface area contributed by atoms with Crippen molar-refractivity contribution in [1.29, 1.82) is 0 Å². The maximum Gasteiger partial charge on any atom is 0.250 e. The van der Waals surface area contributed by atoms with E-state index in [4.69, 9.17) is 11.6 Å². The molecule has 2 heterocycles. The zero-order valence-electron chi connectivity index (χ0n) is 18.3. The summed E-state index contributed by atoms with van der Waals surface area (Å²) in [5.41, 5.74) is 4.03. The molecule has 2 fully saturated rings. The Morgan fingerprint density at radius 2 is 1.78 bits per heavy atom. The summed E-state index contributed by atoms with van der Waals surface area (Å²) in [6, 6.07) is 10.1. The van der Waals surface area contributed by atoms with Crippen molar-refractivity contribution in [2.75, 3.05) is 19.6 Å². The van der Waals surface area contributed by atoms with E-state index in [0.717, 1.165) is 43.6 Å². The molecule has 172 valence electrons. The number of nitrogens with zero attached hydrogens (tertiary/aromatic N) is 1. The van der Waals surface area contributed by atoms with Gasteiger partial charge < -0.3 is 0 Å². The van der Waals surface area contributed by atoms with Gasteiger partial charge in [0.25, 0.3) is 0 Å². The predicted octanol–water partition coefficient (Wildman–Crippen LogP) is 5.37. The van der Waals surface area contributed by atoms with Crippen LogP contribution >= 0.6 is 22.9 Å². The van der Waals surface area contributed by atoms with Gasteiger partial charge in [-0.2, -0.15) is 0 Å². The van der Waals surface area contributed by atoms with Crippen molar-refractivity contribution in [2.45, 2.75) is 55.2 Å². The van der Waals surface area contributed by atoms with Gasteiger partial charge in [0.05, 0.1) is 4.34 Å². The first-order chi connectivity index (χ1) is 15.5. The topological polar surface area (TPSA) is 49.4 Å². The molecule has 32 heavy (non-hydrogen) atoms. The fourth-order valence-electron chi connectivity index (χ4n) is 5.69. The molecular weight excluding hydrogens is 460 g/mol. The Labute approximate surface area is 200 Å². The molecule has 2 bridgehead atoms. The molecule has 1 N–H and O–H groups in total. The van der Waals surface area contributed by atoms with E-state index in [9.17, 15) is 8.42 Å². The summed E-state index contributed by atoms with van der Waals surface area (Å²) in [7, 11) is -3.53. The molecule has 3 unspecified atom stereocenters. The molecule has 3 aliphatic rings. The molecule has 0 amide bonds. The smallest absolute Gasteiger partial charge is 0.250 e. The Hall–Kier alpha value is -1.18. The highest BCUT2D eigenvalue weighted by molar-refractivity contribution is 7.91. The summed E-state index contributed by atoms with van der Waals surface area (Å²) in [4.78, 5) is 2.53. The lowest BCUT2D eigenvalue weighted by atomic mass is 9.92. The molecule has 2 aliphatic carbocycles. The number of hydrogen-bond acceptors (Lipinski definition) is 4. The van der Waals surface area contributed by atoms with Crippen LogP contribution in [0.3, 0.4) is 0 Å². The molecule has 7 heteroatoms. The summed E-state index contributed by atoms with van der Waals surface area (Å²) in [5, 5.41) is 0. The fraction of sp³-hybridized carbons (Fsp3) is 0.520. The van der Waals surface area contributed by atoms with E-state index in [1.807, 2.05) is 0 Å². The highest BCUT2D eigenvalue weighted by Gasteiger charge is 2.41. The van der Waals surface area contributed by atoms with E-state index in [0.29, 0.717) is 20.4 Å². The number of sulfonamides is 1. The van der Waals surface area contributed by atoms with Crippen LogP contribution in [0.5, 0.6) is 0 Å². The van der Waals surface area contributed by atoms with Crippen LogP contribution < -0.4 is 4.72 Å². The summed E-state index contributed by atoms with van der Waals surface area (Å²) in [6.07, 6.45) is 12.6. The van der Waals surface area contributed by atoms with E-state index in [-0.39, 0.29) is 6.04 Å². The number of thiophene rings is 1. The van der Waals surface area contributed by atoms with Gasteiger partial charge in [0.1, 0.15) is 4.21 Å². The second kappa shape index (κ2) is 9.59. The Morgan fingerprint density at radius 1 is 1.03 bits per heavy atom. The first-order valence-corrected chi connectivity index (χ1v) is 14.4. The van der Waals surface area contributed by atoms with Gasteiger partial charge in [-0.05, 0) is 92.3 Å². The lowest BCUT2D eigenvalue weighted by Gasteiger charge is -2.24. The van der Waals surface area contributed by atoms with E-state index < -0.39 is 10.0 Å². The monoisotopic (exact) mass is 490 g/mol. The van der Waals surface area contributed by atoms with Crippen molar-refractivity contribution in [1.82, 2.24) is 9.62 Å². The van der Waals surface area contributed by atoms with Crippen LogP contribution in [0.25, 0.3) is 6.08 Å². The Kier molecular flexibility index (Phi) is 6.77. The van der Waals surface area contributed by atoms with Gasteiger partial charge in [0, 0.05) is 12.6 Å². The zero-order valence-corrected chi connectivity index (χ0v) is 20.7. The van der Waals surface area contributed by atoms with Crippen LogP contribution in [0.15, 0.2) is 40.6 Å². The average molecular weight is 491 g/mol. The van der Waals surface area contributed by atoms with Crippen LogP contribution in [-0.2, 0) is 22.9 Å². The second-order valence-corrected chi connectivity index (χ2v) is 13.2. The highest BCUT2D eigenvalue weighted by atomic mass is 35.5. The number of hydrogen-bond donors (Lipinski definition) is 1. The third-order valence-corrected chi connectivity index (χ3v) is 10.5. The van der Waals surface area contributed by atoms with Crippen LogP contribution in [0.1, 0.15) is 48.8 Å². The molecule has 4 nitrogen and oxygen atoms in total. The van der Waals surface area contributed by atoms with E-state index in [2.05, 4.69) is 40.0 Å². The number of rotatable bonds is 6. The second-order valence-electron chi connectivity index (χ2n) is 9.50. The normalized spacial score (nSPS) is 26.3. The predicted molar refractivity (Wildman–Crippen MR) is 133 cm³/mol. The molecular formula is C25H31ClN2O2S2. The summed E-state index contributed by atoms with van der Waals surface area (Å²) >= 11 is 7.10. The van der Waals surface area contributed by atoms with E-state index >= 15 is 0 Å². The molecule has 1 saturated heterocycles. The first kappa shape index (κ1) is 22.6. The maximum absolute atomic E-state index is 12.9. The largest absolute Gasteiger partial charge is 0.300 e. The van der Waals surface area contributed by atoms with Gasteiger partial charge in [-0.15, -0.1) is 11.3 Å². The van der Waals surface area contributed by atoms with Gasteiger partial charge in [-0.25, -0.2) is 13.1 Å². The lowest BCUT2D eigenvalue weighted by Crippen LogP contribution is -2.41. The fourth-order valence-corrected chi connectivity index (χ4v) is 8.56. The number of benzene rings is 1. The number of nitrogens with one attached hydrogen (secondary N) is 1. The van der Waals surface area contributed by atoms with Crippen LogP contribution in [0.4, 0.5) is 0 Å². The molecule has 2 aromatic rings. The van der Waals surface area contributed by atoms with Gasteiger partial charge in [-0.1, -0.05) is 48.4 Å². The van der Waals surface area contributed by atoms with Gasteiger partial charge >= 0.3 is 0 Å². The molecule has 5 rings (SSSR count). The van der Waals surface area contributed by atoms with Crippen molar-refractivity contribution in [3.8, 4) is 0 Å². The molecule has 1 saturated carbocycles. The van der Waals surface area contributed by atoms with Crippen molar-refractivity contribution >= 4 is 39.0 Å². The van der Waals surface area contributed by atoms with Crippen LogP contribution in [-0.4, -0.2) is 39.0 Å². The van der Waals surface area contributed by atoms with E-state index in [1.165, 1.54) is 49.0 Å². The number of halogens is 1. The maximum atomic E-state index is 12.9. The first-order valence-electron chi connectivity index (χ1n) is 11.8. The van der Waals surface area contributed by atoms with Gasteiger partial charge in [0.15, 0.2) is 0 Å². The zero-order chi connectivity index (χ0) is 22.1. The van der Waals surface area contributed by atoms with Crippen molar-refractivity contribution in [2.24, 2.45) is 11.8 Å². The Bertz CT molecular complexity index is 1090. The average Bonchev–Trinajstić information content (AvgIpc) is 3.33. The third kappa shape index (κ3) is 5.00. The summed E-state index contributed by atoms with van der Waals surface area (Å²) < 4.78 is 29.8. The summed E-state index contributed by atoms with van der Waals surface area (Å²) in [5.74, 6) is 0.700. The van der Waals surface area contributed by atoms with Crippen LogP contribution in [0.2, 0.25) is 4.34 Å². The highest BCUT2D eigenvalue weighted by Crippen LogP contribution is 2.41. The van der Waals surface area contributed by atoms with Crippen molar-refractivity contribution < 1.29 is 8.42 Å². The molecule has 0 radical (unpaired) electrons. The van der Waals surface area contributed by atoms with Crippen molar-refractivity contribution in [3.63, 3.8) is 0 Å². The Morgan fingerprint density at radius 3 is 2.50 bits per heavy atom. The SMILES string of the molecule is O=S(=O)(NC1C2CCC1Cc1cc(/C=C/CN3CCCCC3)ccc1C2)c1ccc(Cl)s1. The van der Waals surface area contributed by atoms with Crippen molar-refractivity contribution in [3.05, 3.63) is 57.4 Å². The number of likely N-dealkylation sites (tertiary alicyclic amines) is 1. The number of piperidine rings is 1. The third-order valence-electron chi connectivity index (χ3n) is 7.35. The minimum atomic E-state index is -3.53. The molecule has 1 aromatic heterocycles. The lowest BCUT2D eigenvalue weighted by molar-refractivity contribution is 0.252. The minimum absolute atomic E-state index is 0.00799. The minimum Gasteiger partial charge on any atom is -0.300 e.